The monoisotopic (exact) mass is 302 g/mol. The summed E-state index contributed by atoms with van der Waals surface area (Å²) in [6.07, 6.45) is 5.92. The maximum Gasteiger partial charge on any atom is 0.134 e. The maximum atomic E-state index is 9.70. The Bertz CT molecular complexity index is 601. The molecule has 2 rings (SSSR count). The molecular formula is C17H12Cl2O. The first-order chi connectivity index (χ1) is 9.60. The second kappa shape index (κ2) is 6.63. The van der Waals surface area contributed by atoms with Crippen LogP contribution in [-0.2, 0) is 0 Å². The summed E-state index contributed by atoms with van der Waals surface area (Å²) in [6, 6.07) is 14.7. The number of halogens is 2. The third kappa shape index (κ3) is 3.65. The van der Waals surface area contributed by atoms with Crippen LogP contribution >= 0.6 is 23.2 Å². The van der Waals surface area contributed by atoms with Gasteiger partial charge in [0.15, 0.2) is 0 Å². The molecule has 0 amide bonds. The second-order valence-electron chi connectivity index (χ2n) is 4.21. The van der Waals surface area contributed by atoms with Gasteiger partial charge in [0, 0.05) is 10.0 Å². The molecule has 0 fully saturated rings. The zero-order chi connectivity index (χ0) is 14.5. The Morgan fingerprint density at radius 2 is 1.35 bits per heavy atom. The minimum absolute atomic E-state index is 0.654. The lowest BCUT2D eigenvalue weighted by Gasteiger charge is -2.10. The first-order valence-electron chi connectivity index (χ1n) is 5.98. The van der Waals surface area contributed by atoms with Gasteiger partial charge in [-0.1, -0.05) is 53.4 Å². The molecule has 0 bridgehead atoms. The van der Waals surface area contributed by atoms with Crippen LogP contribution < -0.4 is 0 Å². The Morgan fingerprint density at radius 1 is 0.950 bits per heavy atom. The van der Waals surface area contributed by atoms with Crippen molar-refractivity contribution in [1.82, 2.24) is 0 Å². The molecule has 1 N–H and O–H groups in total. The Kier molecular flexibility index (Phi) is 4.87. The van der Waals surface area contributed by atoms with Crippen LogP contribution in [0.3, 0.4) is 0 Å². The van der Waals surface area contributed by atoms with Gasteiger partial charge >= 0.3 is 0 Å². The van der Waals surface area contributed by atoms with E-state index in [1.807, 2.05) is 24.3 Å². The van der Waals surface area contributed by atoms with E-state index in [9.17, 15) is 5.11 Å². The van der Waals surface area contributed by atoms with Crippen LogP contribution in [0.1, 0.15) is 11.1 Å². The molecule has 0 saturated carbocycles. The van der Waals surface area contributed by atoms with Gasteiger partial charge in [0.1, 0.15) is 6.10 Å². The number of aliphatic hydroxyl groups is 1. The highest BCUT2D eigenvalue weighted by atomic mass is 35.5. The first kappa shape index (κ1) is 14.7. The number of rotatable bonds is 3. The average Bonchev–Trinajstić information content (AvgIpc) is 2.46. The standard InChI is InChI=1S/C17H12Cl2O/c1-2-16(20)11-17(12-3-7-14(18)8-4-12)13-5-9-15(19)10-6-13/h1,3-11,16,20H. The molecule has 3 heteroatoms. The van der Waals surface area contributed by atoms with E-state index in [0.717, 1.165) is 16.7 Å². The zero-order valence-electron chi connectivity index (χ0n) is 10.6. The normalized spacial score (nSPS) is 11.5. The van der Waals surface area contributed by atoms with Crippen molar-refractivity contribution in [3.8, 4) is 12.3 Å². The fourth-order valence-corrected chi connectivity index (χ4v) is 2.08. The van der Waals surface area contributed by atoms with Gasteiger partial charge in [-0.25, -0.2) is 0 Å². The average molecular weight is 303 g/mol. The topological polar surface area (TPSA) is 20.2 Å². The van der Waals surface area contributed by atoms with E-state index in [4.69, 9.17) is 29.6 Å². The molecule has 2 aromatic carbocycles. The molecule has 0 heterocycles. The van der Waals surface area contributed by atoms with Crippen LogP contribution in [0.5, 0.6) is 0 Å². The Balaban J connectivity index is 2.50. The summed E-state index contributed by atoms with van der Waals surface area (Å²) in [5, 5.41) is 11.0. The van der Waals surface area contributed by atoms with Crippen molar-refractivity contribution < 1.29 is 5.11 Å². The Morgan fingerprint density at radius 3 is 1.70 bits per heavy atom. The molecule has 100 valence electrons. The minimum atomic E-state index is -0.948. The third-order valence-electron chi connectivity index (χ3n) is 2.81. The molecule has 0 spiro atoms. The largest absolute Gasteiger partial charge is 0.377 e. The Labute approximate surface area is 128 Å². The molecule has 1 nitrogen and oxygen atoms in total. The molecule has 0 aliphatic rings. The van der Waals surface area contributed by atoms with Crippen molar-refractivity contribution in [2.75, 3.05) is 0 Å². The van der Waals surface area contributed by atoms with Crippen molar-refractivity contribution in [2.24, 2.45) is 0 Å². The molecule has 0 aromatic heterocycles. The van der Waals surface area contributed by atoms with Gasteiger partial charge in [-0.2, -0.15) is 0 Å². The van der Waals surface area contributed by atoms with Crippen LogP contribution in [0, 0.1) is 12.3 Å². The van der Waals surface area contributed by atoms with Crippen molar-refractivity contribution in [2.45, 2.75) is 6.10 Å². The SMILES string of the molecule is C#CC(O)C=C(c1ccc(Cl)cc1)c1ccc(Cl)cc1. The van der Waals surface area contributed by atoms with Crippen molar-refractivity contribution in [3.05, 3.63) is 75.8 Å². The van der Waals surface area contributed by atoms with Gasteiger partial charge in [-0.15, -0.1) is 6.42 Å². The highest BCUT2D eigenvalue weighted by Gasteiger charge is 2.07. The number of hydrogen-bond acceptors (Lipinski definition) is 1. The van der Waals surface area contributed by atoms with Crippen LogP contribution in [0.4, 0.5) is 0 Å². The molecule has 0 radical (unpaired) electrons. The van der Waals surface area contributed by atoms with Crippen LogP contribution in [0.25, 0.3) is 5.57 Å². The summed E-state index contributed by atoms with van der Waals surface area (Å²) in [7, 11) is 0. The predicted octanol–water partition coefficient (Wildman–Crippen LogP) is 4.42. The Hall–Kier alpha value is -1.72. The lowest BCUT2D eigenvalue weighted by Crippen LogP contribution is -2.00. The molecule has 1 unspecified atom stereocenters. The summed E-state index contributed by atoms with van der Waals surface area (Å²) in [5.74, 6) is 2.28. The number of hydrogen-bond donors (Lipinski definition) is 1. The van der Waals surface area contributed by atoms with Gasteiger partial charge in [0.05, 0.1) is 0 Å². The van der Waals surface area contributed by atoms with Gasteiger partial charge in [-0.05, 0) is 47.0 Å². The second-order valence-corrected chi connectivity index (χ2v) is 5.08. The van der Waals surface area contributed by atoms with E-state index >= 15 is 0 Å². The summed E-state index contributed by atoms with van der Waals surface area (Å²) in [4.78, 5) is 0. The zero-order valence-corrected chi connectivity index (χ0v) is 12.1. The van der Waals surface area contributed by atoms with Crippen molar-refractivity contribution >= 4 is 28.8 Å². The summed E-state index contributed by atoms with van der Waals surface area (Å²) < 4.78 is 0. The van der Waals surface area contributed by atoms with E-state index in [0.29, 0.717) is 10.0 Å². The number of terminal acetylenes is 1. The van der Waals surface area contributed by atoms with Crippen LogP contribution in [0.15, 0.2) is 54.6 Å². The van der Waals surface area contributed by atoms with Crippen molar-refractivity contribution in [3.63, 3.8) is 0 Å². The summed E-state index contributed by atoms with van der Waals surface area (Å²) in [5.41, 5.74) is 2.68. The maximum absolute atomic E-state index is 9.70. The lowest BCUT2D eigenvalue weighted by atomic mass is 9.96. The fraction of sp³-hybridized carbons (Fsp3) is 0.0588. The highest BCUT2D eigenvalue weighted by Crippen LogP contribution is 2.26. The molecule has 0 saturated heterocycles. The fourth-order valence-electron chi connectivity index (χ4n) is 1.82. The van der Waals surface area contributed by atoms with E-state index in [2.05, 4.69) is 5.92 Å². The quantitative estimate of drug-likeness (QED) is 0.832. The molecule has 2 aromatic rings. The van der Waals surface area contributed by atoms with Crippen LogP contribution in [0.2, 0.25) is 10.0 Å². The van der Waals surface area contributed by atoms with Crippen molar-refractivity contribution in [1.29, 1.82) is 0 Å². The van der Waals surface area contributed by atoms with E-state index < -0.39 is 6.10 Å². The number of aliphatic hydroxyl groups excluding tert-OH is 1. The molecule has 1 atom stereocenters. The van der Waals surface area contributed by atoms with Gasteiger partial charge < -0.3 is 5.11 Å². The van der Waals surface area contributed by atoms with E-state index in [1.54, 1.807) is 30.3 Å². The molecule has 0 aliphatic carbocycles. The lowest BCUT2D eigenvalue weighted by molar-refractivity contribution is 0.281. The van der Waals surface area contributed by atoms with E-state index in [-0.39, 0.29) is 0 Å². The van der Waals surface area contributed by atoms with Crippen LogP contribution in [-0.4, -0.2) is 11.2 Å². The summed E-state index contributed by atoms with van der Waals surface area (Å²) >= 11 is 11.8. The van der Waals surface area contributed by atoms with E-state index in [1.165, 1.54) is 0 Å². The summed E-state index contributed by atoms with van der Waals surface area (Å²) in [6.45, 7) is 0. The molecule has 20 heavy (non-hydrogen) atoms. The smallest absolute Gasteiger partial charge is 0.134 e. The van der Waals surface area contributed by atoms with Gasteiger partial charge in [-0.3, -0.25) is 0 Å². The third-order valence-corrected chi connectivity index (χ3v) is 3.31. The predicted molar refractivity (Wildman–Crippen MR) is 84.8 cm³/mol. The molecule has 0 aliphatic heterocycles. The minimum Gasteiger partial charge on any atom is -0.377 e. The first-order valence-corrected chi connectivity index (χ1v) is 6.73. The van der Waals surface area contributed by atoms with Gasteiger partial charge in [0.2, 0.25) is 0 Å². The highest BCUT2D eigenvalue weighted by molar-refractivity contribution is 6.31. The van der Waals surface area contributed by atoms with Gasteiger partial charge in [0.25, 0.3) is 0 Å². The number of benzene rings is 2. The molecular weight excluding hydrogens is 291 g/mol.